The van der Waals surface area contributed by atoms with Crippen LogP contribution in [-0.4, -0.2) is 23.9 Å². The van der Waals surface area contributed by atoms with Crippen LogP contribution in [-0.2, 0) is 4.79 Å². The quantitative estimate of drug-likeness (QED) is 0.642. The van der Waals surface area contributed by atoms with Gasteiger partial charge in [0.1, 0.15) is 5.82 Å². The Morgan fingerprint density at radius 3 is 3.00 bits per heavy atom. The maximum atomic E-state index is 13.5. The molecular weight excluding hydrogens is 253 g/mol. The Hall–Kier alpha value is -2.02. The summed E-state index contributed by atoms with van der Waals surface area (Å²) in [5.41, 5.74) is -0.399. The van der Waals surface area contributed by atoms with Crippen LogP contribution in [0.25, 0.3) is 0 Å². The fourth-order valence-electron chi connectivity index (χ4n) is 2.07. The molecule has 1 aliphatic rings. The summed E-state index contributed by atoms with van der Waals surface area (Å²) in [7, 11) is 0. The van der Waals surface area contributed by atoms with Crippen molar-refractivity contribution in [2.75, 3.05) is 18.4 Å². The maximum absolute atomic E-state index is 13.5. The topological polar surface area (TPSA) is 84.3 Å². The van der Waals surface area contributed by atoms with Crippen molar-refractivity contribution >= 4 is 17.3 Å². The molecule has 102 valence electrons. The summed E-state index contributed by atoms with van der Waals surface area (Å²) in [6.45, 7) is 1.65. The zero-order valence-electron chi connectivity index (χ0n) is 10.2. The van der Waals surface area contributed by atoms with Gasteiger partial charge in [0.15, 0.2) is 0 Å². The maximum Gasteiger partial charge on any atom is 0.271 e. The van der Waals surface area contributed by atoms with Crippen LogP contribution in [0.3, 0.4) is 0 Å². The SMILES string of the molecule is O=C(CC1CCNC1)Nc1cc([N+](=O)[O-])ccc1F. The number of amides is 1. The Kier molecular flexibility index (Phi) is 4.06. The Labute approximate surface area is 109 Å². The Morgan fingerprint density at radius 1 is 1.58 bits per heavy atom. The van der Waals surface area contributed by atoms with E-state index in [0.717, 1.165) is 37.7 Å². The summed E-state index contributed by atoms with van der Waals surface area (Å²) in [5, 5.41) is 16.1. The van der Waals surface area contributed by atoms with E-state index in [0.29, 0.717) is 0 Å². The fourth-order valence-corrected chi connectivity index (χ4v) is 2.07. The smallest absolute Gasteiger partial charge is 0.271 e. The number of nitro groups is 1. The number of nitro benzene ring substituents is 1. The fraction of sp³-hybridized carbons (Fsp3) is 0.417. The standard InChI is InChI=1S/C12H14FN3O3/c13-10-2-1-9(16(18)19)6-11(10)15-12(17)5-8-3-4-14-7-8/h1-2,6,8,14H,3-5,7H2,(H,15,17). The molecular formula is C12H14FN3O3. The minimum absolute atomic E-state index is 0.148. The van der Waals surface area contributed by atoms with Crippen LogP contribution in [0.5, 0.6) is 0 Å². The molecule has 1 heterocycles. The highest BCUT2D eigenvalue weighted by Crippen LogP contribution is 2.22. The number of nitrogens with one attached hydrogen (secondary N) is 2. The molecule has 0 aliphatic carbocycles. The van der Waals surface area contributed by atoms with Crippen molar-refractivity contribution in [2.24, 2.45) is 5.92 Å². The van der Waals surface area contributed by atoms with E-state index in [-0.39, 0.29) is 29.6 Å². The lowest BCUT2D eigenvalue weighted by molar-refractivity contribution is -0.384. The molecule has 1 aromatic carbocycles. The van der Waals surface area contributed by atoms with Crippen molar-refractivity contribution in [1.82, 2.24) is 5.32 Å². The molecule has 6 nitrogen and oxygen atoms in total. The number of rotatable bonds is 4. The first-order chi connectivity index (χ1) is 9.06. The highest BCUT2D eigenvalue weighted by molar-refractivity contribution is 5.91. The van der Waals surface area contributed by atoms with Crippen LogP contribution < -0.4 is 10.6 Å². The zero-order valence-corrected chi connectivity index (χ0v) is 10.2. The average molecular weight is 267 g/mol. The van der Waals surface area contributed by atoms with Crippen LogP contribution in [0.15, 0.2) is 18.2 Å². The van der Waals surface area contributed by atoms with Gasteiger partial charge in [-0.1, -0.05) is 0 Å². The first kappa shape index (κ1) is 13.4. The van der Waals surface area contributed by atoms with E-state index in [1.807, 2.05) is 0 Å². The van der Waals surface area contributed by atoms with E-state index in [4.69, 9.17) is 0 Å². The number of hydrogen-bond acceptors (Lipinski definition) is 4. The molecule has 19 heavy (non-hydrogen) atoms. The molecule has 1 atom stereocenters. The molecule has 2 N–H and O–H groups in total. The minimum Gasteiger partial charge on any atom is -0.323 e. The van der Waals surface area contributed by atoms with Crippen molar-refractivity contribution in [1.29, 1.82) is 0 Å². The van der Waals surface area contributed by atoms with Gasteiger partial charge in [0, 0.05) is 18.6 Å². The van der Waals surface area contributed by atoms with Crippen LogP contribution in [0.2, 0.25) is 0 Å². The number of carbonyl (C=O) groups is 1. The van der Waals surface area contributed by atoms with Crippen LogP contribution in [0.1, 0.15) is 12.8 Å². The Morgan fingerprint density at radius 2 is 2.37 bits per heavy atom. The Bertz CT molecular complexity index is 501. The largest absolute Gasteiger partial charge is 0.323 e. The lowest BCUT2D eigenvalue weighted by Crippen LogP contribution is -2.19. The molecule has 1 aromatic rings. The summed E-state index contributed by atoms with van der Waals surface area (Å²) >= 11 is 0. The summed E-state index contributed by atoms with van der Waals surface area (Å²) in [6.07, 6.45) is 1.19. The molecule has 2 rings (SSSR count). The number of hydrogen-bond donors (Lipinski definition) is 2. The van der Waals surface area contributed by atoms with Gasteiger partial charge in [0.25, 0.3) is 5.69 Å². The monoisotopic (exact) mass is 267 g/mol. The summed E-state index contributed by atoms with van der Waals surface area (Å²) in [4.78, 5) is 21.7. The summed E-state index contributed by atoms with van der Waals surface area (Å²) < 4.78 is 13.5. The zero-order chi connectivity index (χ0) is 13.8. The van der Waals surface area contributed by atoms with Gasteiger partial charge in [0.2, 0.25) is 5.91 Å². The minimum atomic E-state index is -0.677. The molecule has 1 fully saturated rings. The third kappa shape index (κ3) is 3.47. The number of carbonyl (C=O) groups excluding carboxylic acids is 1. The lowest BCUT2D eigenvalue weighted by Gasteiger charge is -2.09. The second-order valence-corrected chi connectivity index (χ2v) is 4.53. The van der Waals surface area contributed by atoms with Gasteiger partial charge in [0.05, 0.1) is 10.6 Å². The van der Waals surface area contributed by atoms with Gasteiger partial charge in [-0.25, -0.2) is 4.39 Å². The molecule has 0 spiro atoms. The molecule has 0 saturated carbocycles. The van der Waals surface area contributed by atoms with Crippen molar-refractivity contribution in [3.63, 3.8) is 0 Å². The van der Waals surface area contributed by atoms with Crippen molar-refractivity contribution < 1.29 is 14.1 Å². The second-order valence-electron chi connectivity index (χ2n) is 4.53. The van der Waals surface area contributed by atoms with Gasteiger partial charge >= 0.3 is 0 Å². The second kappa shape index (κ2) is 5.75. The van der Waals surface area contributed by atoms with E-state index in [2.05, 4.69) is 10.6 Å². The van der Waals surface area contributed by atoms with Crippen molar-refractivity contribution in [3.8, 4) is 0 Å². The highest BCUT2D eigenvalue weighted by Gasteiger charge is 2.19. The van der Waals surface area contributed by atoms with Gasteiger partial charge in [-0.15, -0.1) is 0 Å². The average Bonchev–Trinajstić information content (AvgIpc) is 2.84. The highest BCUT2D eigenvalue weighted by atomic mass is 19.1. The van der Waals surface area contributed by atoms with Gasteiger partial charge in [-0.05, 0) is 31.5 Å². The third-order valence-corrected chi connectivity index (χ3v) is 3.07. The van der Waals surface area contributed by atoms with Crippen molar-refractivity contribution in [2.45, 2.75) is 12.8 Å². The van der Waals surface area contributed by atoms with E-state index < -0.39 is 10.7 Å². The van der Waals surface area contributed by atoms with Crippen LogP contribution >= 0.6 is 0 Å². The van der Waals surface area contributed by atoms with E-state index in [1.165, 1.54) is 0 Å². The lowest BCUT2D eigenvalue weighted by atomic mass is 10.0. The molecule has 1 aliphatic heterocycles. The Balaban J connectivity index is 2.02. The van der Waals surface area contributed by atoms with Crippen LogP contribution in [0.4, 0.5) is 15.8 Å². The molecule has 1 unspecified atom stereocenters. The van der Waals surface area contributed by atoms with Crippen LogP contribution in [0, 0.1) is 21.8 Å². The summed E-state index contributed by atoms with van der Waals surface area (Å²) in [5.74, 6) is -0.765. The molecule has 7 heteroatoms. The predicted molar refractivity (Wildman–Crippen MR) is 67.3 cm³/mol. The van der Waals surface area contributed by atoms with E-state index in [9.17, 15) is 19.3 Å². The van der Waals surface area contributed by atoms with Gasteiger partial charge in [-0.3, -0.25) is 14.9 Å². The third-order valence-electron chi connectivity index (χ3n) is 3.07. The first-order valence-corrected chi connectivity index (χ1v) is 6.01. The molecule has 0 bridgehead atoms. The van der Waals surface area contributed by atoms with E-state index >= 15 is 0 Å². The first-order valence-electron chi connectivity index (χ1n) is 6.01. The number of halogens is 1. The van der Waals surface area contributed by atoms with Crippen molar-refractivity contribution in [3.05, 3.63) is 34.1 Å². The normalized spacial score (nSPS) is 18.3. The number of benzene rings is 1. The molecule has 0 aromatic heterocycles. The predicted octanol–water partition coefficient (Wildman–Crippen LogP) is 1.67. The van der Waals surface area contributed by atoms with Gasteiger partial charge in [-0.2, -0.15) is 0 Å². The molecule has 1 amide bonds. The summed E-state index contributed by atoms with van der Waals surface area (Å²) in [6, 6.07) is 3.07. The number of anilines is 1. The molecule has 0 radical (unpaired) electrons. The number of nitrogens with zero attached hydrogens (tertiary/aromatic N) is 1. The number of non-ortho nitro benzene ring substituents is 1. The van der Waals surface area contributed by atoms with Gasteiger partial charge < -0.3 is 10.6 Å². The molecule has 1 saturated heterocycles. The van der Waals surface area contributed by atoms with E-state index in [1.54, 1.807) is 0 Å².